The third-order valence-electron chi connectivity index (χ3n) is 6.68. The summed E-state index contributed by atoms with van der Waals surface area (Å²) in [7, 11) is 0. The van der Waals surface area contributed by atoms with Gasteiger partial charge in [-0.3, -0.25) is 4.98 Å². The summed E-state index contributed by atoms with van der Waals surface area (Å²) in [5, 5.41) is 0. The van der Waals surface area contributed by atoms with Gasteiger partial charge < -0.3 is 19.1 Å². The average molecular weight is 652 g/mol. The molecule has 2 aromatic rings. The van der Waals surface area contributed by atoms with E-state index in [1.54, 1.807) is 0 Å². The van der Waals surface area contributed by atoms with Crippen molar-refractivity contribution < 1.29 is 19.0 Å². The molecule has 0 radical (unpaired) electrons. The summed E-state index contributed by atoms with van der Waals surface area (Å²) in [5.41, 5.74) is 3.81. The molecule has 0 amide bonds. The number of piperidine rings is 1. The van der Waals surface area contributed by atoms with Crippen LogP contribution in [0.4, 0.5) is 5.69 Å². The number of rotatable bonds is 9. The number of nitrogens with zero attached hydrogens (tertiary/aromatic N) is 3. The molecule has 39 heavy (non-hydrogen) atoms. The molecule has 1 atom stereocenters. The van der Waals surface area contributed by atoms with Crippen LogP contribution in [0.3, 0.4) is 0 Å². The van der Waals surface area contributed by atoms with Crippen LogP contribution in [0.25, 0.3) is 11.3 Å². The number of anilines is 1. The third kappa shape index (κ3) is 8.52. The zero-order valence-corrected chi connectivity index (χ0v) is 27.5. The van der Waals surface area contributed by atoms with Crippen molar-refractivity contribution in [1.82, 2.24) is 9.97 Å². The quantitative estimate of drug-likeness (QED) is 0.158. The van der Waals surface area contributed by atoms with Crippen LogP contribution < -0.4 is 9.64 Å². The first-order valence-electron chi connectivity index (χ1n) is 14.0. The van der Waals surface area contributed by atoms with Gasteiger partial charge >= 0.3 is 5.97 Å². The summed E-state index contributed by atoms with van der Waals surface area (Å²) in [6, 6.07) is 3.96. The molecule has 1 aliphatic heterocycles. The van der Waals surface area contributed by atoms with Crippen LogP contribution in [-0.4, -0.2) is 47.3 Å². The van der Waals surface area contributed by atoms with E-state index in [0.29, 0.717) is 12.5 Å². The molecule has 3 rings (SSSR count). The second-order valence-electron chi connectivity index (χ2n) is 13.0. The molecule has 0 saturated carbocycles. The number of carbonyl (C=O) groups excluding carboxylic acids is 1. The first-order chi connectivity index (χ1) is 18.1. The predicted octanol–water partition coefficient (Wildman–Crippen LogP) is 7.53. The molecule has 8 heteroatoms. The first kappa shape index (κ1) is 31.6. The Balaban J connectivity index is 2.21. The summed E-state index contributed by atoms with van der Waals surface area (Å²) >= 11 is 2.23. The molecule has 1 fully saturated rings. The van der Waals surface area contributed by atoms with Crippen molar-refractivity contribution in [2.75, 3.05) is 24.6 Å². The zero-order valence-electron chi connectivity index (χ0n) is 25.4. The van der Waals surface area contributed by atoms with E-state index >= 15 is 0 Å². The van der Waals surface area contributed by atoms with Gasteiger partial charge in [0.1, 0.15) is 3.70 Å². The van der Waals surface area contributed by atoms with Crippen molar-refractivity contribution in [2.24, 2.45) is 11.3 Å². The van der Waals surface area contributed by atoms with E-state index < -0.39 is 17.7 Å². The summed E-state index contributed by atoms with van der Waals surface area (Å²) in [6.07, 6.45) is 2.78. The molecule has 2 aromatic heterocycles. The van der Waals surface area contributed by atoms with E-state index in [1.807, 2.05) is 59.9 Å². The lowest BCUT2D eigenvalue weighted by atomic mass is 9.82. The maximum absolute atomic E-state index is 13.6. The van der Waals surface area contributed by atoms with Crippen LogP contribution in [0, 0.1) is 22.0 Å². The van der Waals surface area contributed by atoms with Crippen molar-refractivity contribution >= 4 is 34.2 Å². The van der Waals surface area contributed by atoms with Gasteiger partial charge in [0.25, 0.3) is 0 Å². The number of aryl methyl sites for hydroxylation is 1. The Morgan fingerprint density at radius 2 is 1.77 bits per heavy atom. The maximum Gasteiger partial charge on any atom is 0.340 e. The smallest absolute Gasteiger partial charge is 0.340 e. The third-order valence-corrected chi connectivity index (χ3v) is 7.46. The molecule has 216 valence electrons. The minimum absolute atomic E-state index is 0.263. The molecule has 0 spiro atoms. The number of carbonyl (C=O) groups is 1. The minimum atomic E-state index is -0.919. The molecule has 1 saturated heterocycles. The normalized spacial score (nSPS) is 16.5. The highest BCUT2D eigenvalue weighted by atomic mass is 127. The zero-order chi connectivity index (χ0) is 29.1. The van der Waals surface area contributed by atoms with Gasteiger partial charge in [0.2, 0.25) is 0 Å². The Morgan fingerprint density at radius 1 is 1.13 bits per heavy atom. The molecule has 0 aromatic carbocycles. The van der Waals surface area contributed by atoms with E-state index in [1.165, 1.54) is 0 Å². The summed E-state index contributed by atoms with van der Waals surface area (Å²) < 4.78 is 18.9. The fraction of sp³-hybridized carbons (Fsp3) is 0.645. The number of esters is 1. The molecule has 0 N–H and O–H groups in total. The van der Waals surface area contributed by atoms with E-state index in [9.17, 15) is 4.79 Å². The fourth-order valence-electron chi connectivity index (χ4n) is 4.59. The van der Waals surface area contributed by atoms with Crippen molar-refractivity contribution in [3.8, 4) is 17.0 Å². The van der Waals surface area contributed by atoms with Gasteiger partial charge in [-0.15, -0.1) is 0 Å². The van der Waals surface area contributed by atoms with Crippen LogP contribution in [0.1, 0.15) is 92.5 Å². The maximum atomic E-state index is 13.6. The summed E-state index contributed by atoms with van der Waals surface area (Å²) in [6.45, 7) is 22.8. The number of halogens is 1. The Hall–Kier alpha value is -1.94. The van der Waals surface area contributed by atoms with Crippen molar-refractivity contribution in [1.29, 1.82) is 0 Å². The molecular formula is C31H46IN3O4. The lowest BCUT2D eigenvalue weighted by Gasteiger charge is -2.41. The number of pyridine rings is 2. The second-order valence-corrected chi connectivity index (χ2v) is 14.0. The van der Waals surface area contributed by atoms with Crippen molar-refractivity contribution in [3.63, 3.8) is 0 Å². The lowest BCUT2D eigenvalue weighted by molar-refractivity contribution is -0.171. The minimum Gasteiger partial charge on any atom is -0.491 e. The van der Waals surface area contributed by atoms with E-state index in [-0.39, 0.29) is 11.5 Å². The molecule has 1 unspecified atom stereocenters. The van der Waals surface area contributed by atoms with Crippen LogP contribution >= 0.6 is 22.6 Å². The molecule has 7 nitrogen and oxygen atoms in total. The van der Waals surface area contributed by atoms with Crippen LogP contribution in [0.5, 0.6) is 5.75 Å². The van der Waals surface area contributed by atoms with Crippen LogP contribution in [0.15, 0.2) is 18.3 Å². The highest BCUT2D eigenvalue weighted by molar-refractivity contribution is 14.1. The first-order valence-corrected chi connectivity index (χ1v) is 15.1. The Labute approximate surface area is 248 Å². The summed E-state index contributed by atoms with van der Waals surface area (Å²) in [4.78, 5) is 25.7. The number of ether oxygens (including phenoxy) is 3. The Morgan fingerprint density at radius 3 is 2.31 bits per heavy atom. The topological polar surface area (TPSA) is 73.8 Å². The van der Waals surface area contributed by atoms with Crippen molar-refractivity contribution in [3.05, 3.63) is 33.3 Å². The standard InChI is InChI=1S/C31H46IN3O4/c1-19(2)18-37-24-12-11-23(34-28(24)32)22-17-33-21(5)25(26(22)35-15-13-31(9,10)14-16-35)27(39-30(6,7)8)29(36)38-20(3)4/h11-12,17,19-20,27H,13-16,18H2,1-10H3. The second kappa shape index (κ2) is 12.7. The lowest BCUT2D eigenvalue weighted by Crippen LogP contribution is -2.39. The van der Waals surface area contributed by atoms with E-state index in [4.69, 9.17) is 24.2 Å². The highest BCUT2D eigenvalue weighted by Crippen LogP contribution is 2.43. The van der Waals surface area contributed by atoms with Gasteiger partial charge in [0, 0.05) is 36.1 Å². The monoisotopic (exact) mass is 651 g/mol. The predicted molar refractivity (Wildman–Crippen MR) is 165 cm³/mol. The van der Waals surface area contributed by atoms with Gasteiger partial charge in [-0.25, -0.2) is 9.78 Å². The number of hydrogen-bond donors (Lipinski definition) is 0. The molecule has 3 heterocycles. The van der Waals surface area contributed by atoms with E-state index in [2.05, 4.69) is 55.2 Å². The number of aromatic nitrogens is 2. The molecule has 0 bridgehead atoms. The van der Waals surface area contributed by atoms with Crippen LogP contribution in [0.2, 0.25) is 0 Å². The van der Waals surface area contributed by atoms with Crippen molar-refractivity contribution in [2.45, 2.75) is 99.9 Å². The van der Waals surface area contributed by atoms with Gasteiger partial charge in [0.15, 0.2) is 11.9 Å². The average Bonchev–Trinajstić information content (AvgIpc) is 2.81. The largest absolute Gasteiger partial charge is 0.491 e. The number of hydrogen-bond acceptors (Lipinski definition) is 7. The summed E-state index contributed by atoms with van der Waals surface area (Å²) in [5.74, 6) is 0.786. The highest BCUT2D eigenvalue weighted by Gasteiger charge is 2.37. The SMILES string of the molecule is Cc1ncc(-c2ccc(OCC(C)C)c(I)n2)c(N2CCC(C)(C)CC2)c1C(OC(C)(C)C)C(=O)OC(C)C. The Kier molecular flexibility index (Phi) is 10.3. The van der Waals surface area contributed by atoms with Gasteiger partial charge in [0.05, 0.1) is 29.7 Å². The van der Waals surface area contributed by atoms with E-state index in [0.717, 1.165) is 63.6 Å². The van der Waals surface area contributed by atoms with Crippen LogP contribution in [-0.2, 0) is 14.3 Å². The van der Waals surface area contributed by atoms with Gasteiger partial charge in [-0.05, 0) is 100 Å². The molecule has 0 aliphatic carbocycles. The Bertz CT molecular complexity index is 1150. The molecular weight excluding hydrogens is 605 g/mol. The van der Waals surface area contributed by atoms with Gasteiger partial charge in [-0.1, -0.05) is 27.7 Å². The van der Waals surface area contributed by atoms with Gasteiger partial charge in [-0.2, -0.15) is 0 Å². The fourth-order valence-corrected chi connectivity index (χ4v) is 5.19. The molecule has 1 aliphatic rings.